The van der Waals surface area contributed by atoms with Crippen molar-refractivity contribution in [3.8, 4) is 17.2 Å². The molecule has 0 bridgehead atoms. The molecular weight excluding hydrogens is 350 g/mol. The Labute approximate surface area is 157 Å². The van der Waals surface area contributed by atoms with E-state index in [0.29, 0.717) is 35.0 Å². The van der Waals surface area contributed by atoms with Gasteiger partial charge in [0.1, 0.15) is 5.75 Å². The van der Waals surface area contributed by atoms with Crippen molar-refractivity contribution in [2.75, 3.05) is 20.8 Å². The topological polar surface area (TPSA) is 96.9 Å². The van der Waals surface area contributed by atoms with Gasteiger partial charge < -0.3 is 29.4 Å². The van der Waals surface area contributed by atoms with Crippen LogP contribution in [0.3, 0.4) is 0 Å². The fourth-order valence-corrected chi connectivity index (χ4v) is 2.58. The van der Waals surface area contributed by atoms with Crippen LogP contribution in [0.5, 0.6) is 17.2 Å². The van der Waals surface area contributed by atoms with Crippen LogP contribution in [-0.2, 0) is 4.79 Å². The number of aliphatic carboxylic acids is 1. The lowest BCUT2D eigenvalue weighted by Gasteiger charge is -2.21. The Kier molecular flexibility index (Phi) is 7.05. The third kappa shape index (κ3) is 5.37. The summed E-state index contributed by atoms with van der Waals surface area (Å²) in [5.74, 6) is -0.0671. The second-order valence-corrected chi connectivity index (χ2v) is 5.67. The summed E-state index contributed by atoms with van der Waals surface area (Å²) in [6.07, 6.45) is -0.376. The Hall–Kier alpha value is -3.22. The Morgan fingerprint density at radius 2 is 1.74 bits per heavy atom. The van der Waals surface area contributed by atoms with Crippen LogP contribution in [0, 0.1) is 0 Å². The number of ether oxygens (including phenoxy) is 3. The highest BCUT2D eigenvalue weighted by atomic mass is 16.5. The molecule has 0 saturated carbocycles. The van der Waals surface area contributed by atoms with Crippen molar-refractivity contribution in [1.82, 2.24) is 5.32 Å². The lowest BCUT2D eigenvalue weighted by Crippen LogP contribution is -2.34. The van der Waals surface area contributed by atoms with E-state index in [4.69, 9.17) is 14.2 Å². The van der Waals surface area contributed by atoms with Gasteiger partial charge in [0.25, 0.3) is 5.91 Å². The fourth-order valence-electron chi connectivity index (χ4n) is 2.58. The minimum Gasteiger partial charge on any atom is -0.550 e. The molecule has 2 rings (SSSR count). The first kappa shape index (κ1) is 20.1. The van der Waals surface area contributed by atoms with Crippen molar-refractivity contribution in [1.29, 1.82) is 0 Å². The van der Waals surface area contributed by atoms with E-state index in [2.05, 4.69) is 5.32 Å². The molecule has 2 aromatic carbocycles. The number of carboxylic acids is 1. The smallest absolute Gasteiger partial charge is 0.251 e. The van der Waals surface area contributed by atoms with Crippen LogP contribution in [-0.4, -0.2) is 32.7 Å². The number of carbonyl (C=O) groups is 2. The molecule has 2 aromatic rings. The van der Waals surface area contributed by atoms with Crippen LogP contribution < -0.4 is 24.6 Å². The summed E-state index contributed by atoms with van der Waals surface area (Å²) in [6, 6.07) is 10.7. The quantitative estimate of drug-likeness (QED) is 0.720. The van der Waals surface area contributed by atoms with Gasteiger partial charge in [-0.1, -0.05) is 6.07 Å². The Morgan fingerprint density at radius 1 is 1.04 bits per heavy atom. The molecule has 0 aliphatic rings. The first-order valence-electron chi connectivity index (χ1n) is 8.44. The largest absolute Gasteiger partial charge is 0.550 e. The molecular formula is C20H22NO6-. The summed E-state index contributed by atoms with van der Waals surface area (Å²) in [5.41, 5.74) is 0.957. The molecule has 0 heterocycles. The predicted molar refractivity (Wildman–Crippen MR) is 97.0 cm³/mol. The third-order valence-electron chi connectivity index (χ3n) is 3.92. The minimum atomic E-state index is -1.28. The molecule has 0 radical (unpaired) electrons. The van der Waals surface area contributed by atoms with Crippen LogP contribution in [0.15, 0.2) is 42.5 Å². The highest BCUT2D eigenvalue weighted by Crippen LogP contribution is 2.31. The van der Waals surface area contributed by atoms with Gasteiger partial charge in [-0.25, -0.2) is 0 Å². The van der Waals surface area contributed by atoms with Crippen molar-refractivity contribution in [3.63, 3.8) is 0 Å². The molecule has 0 unspecified atom stereocenters. The zero-order chi connectivity index (χ0) is 19.8. The summed E-state index contributed by atoms with van der Waals surface area (Å²) in [6.45, 7) is 2.31. The summed E-state index contributed by atoms with van der Waals surface area (Å²) in [4.78, 5) is 23.7. The number of methoxy groups -OCH3 is 2. The minimum absolute atomic E-state index is 0.376. The van der Waals surface area contributed by atoms with E-state index in [1.165, 1.54) is 14.2 Å². The van der Waals surface area contributed by atoms with Gasteiger partial charge >= 0.3 is 0 Å². The molecule has 0 spiro atoms. The van der Waals surface area contributed by atoms with Gasteiger partial charge in [-0.05, 0) is 48.9 Å². The summed E-state index contributed by atoms with van der Waals surface area (Å²) >= 11 is 0. The Bertz CT molecular complexity index is 788. The van der Waals surface area contributed by atoms with Gasteiger partial charge in [0, 0.05) is 18.0 Å². The van der Waals surface area contributed by atoms with Crippen LogP contribution in [0.25, 0.3) is 0 Å². The first-order chi connectivity index (χ1) is 13.0. The maximum Gasteiger partial charge on any atom is 0.251 e. The molecule has 0 aliphatic heterocycles. The Balaban J connectivity index is 2.26. The average molecular weight is 372 g/mol. The maximum atomic E-state index is 12.5. The molecule has 0 saturated heterocycles. The number of hydrogen-bond acceptors (Lipinski definition) is 6. The maximum absolute atomic E-state index is 12.5. The second-order valence-electron chi connectivity index (χ2n) is 5.67. The van der Waals surface area contributed by atoms with Crippen molar-refractivity contribution >= 4 is 11.9 Å². The molecule has 7 heteroatoms. The van der Waals surface area contributed by atoms with Crippen LogP contribution in [0.4, 0.5) is 0 Å². The predicted octanol–water partition coefficient (Wildman–Crippen LogP) is 1.71. The number of carbonyl (C=O) groups excluding carboxylic acids is 2. The van der Waals surface area contributed by atoms with E-state index in [-0.39, 0.29) is 6.42 Å². The van der Waals surface area contributed by atoms with Crippen molar-refractivity contribution in [3.05, 3.63) is 53.6 Å². The van der Waals surface area contributed by atoms with E-state index in [1.54, 1.807) is 42.5 Å². The van der Waals surface area contributed by atoms with Gasteiger partial charge in [-0.15, -0.1) is 0 Å². The number of carboxylic acid groups (broad SMARTS) is 1. The van der Waals surface area contributed by atoms with Gasteiger partial charge in [-0.3, -0.25) is 4.79 Å². The normalized spacial score (nSPS) is 11.4. The molecule has 144 valence electrons. The van der Waals surface area contributed by atoms with Crippen molar-refractivity contribution in [2.24, 2.45) is 0 Å². The van der Waals surface area contributed by atoms with E-state index < -0.39 is 17.9 Å². The molecule has 0 aromatic heterocycles. The zero-order valence-electron chi connectivity index (χ0n) is 15.5. The average Bonchev–Trinajstić information content (AvgIpc) is 2.67. The number of amides is 1. The standard InChI is InChI=1S/C20H23NO6/c1-4-27-17-10-7-14(11-18(17)26-3)16(12-19(22)23)21-20(24)13-5-8-15(25-2)9-6-13/h5-11,16H,4,12H2,1-3H3,(H,21,24)(H,22,23)/p-1/t16-/m0/s1. The van der Waals surface area contributed by atoms with E-state index in [0.717, 1.165) is 0 Å². The molecule has 7 nitrogen and oxygen atoms in total. The van der Waals surface area contributed by atoms with Crippen molar-refractivity contribution in [2.45, 2.75) is 19.4 Å². The lowest BCUT2D eigenvalue weighted by molar-refractivity contribution is -0.306. The number of hydrogen-bond donors (Lipinski definition) is 1. The molecule has 0 aliphatic carbocycles. The van der Waals surface area contributed by atoms with Gasteiger partial charge in [0.05, 0.1) is 26.9 Å². The number of rotatable bonds is 9. The molecule has 0 fully saturated rings. The molecule has 1 amide bonds. The fraction of sp³-hybridized carbons (Fsp3) is 0.300. The summed E-state index contributed by atoms with van der Waals surface area (Å²) in [7, 11) is 3.02. The van der Waals surface area contributed by atoms with Gasteiger partial charge in [-0.2, -0.15) is 0 Å². The monoisotopic (exact) mass is 372 g/mol. The number of benzene rings is 2. The SMILES string of the molecule is CCOc1ccc([C@H](CC(=O)[O-])NC(=O)c2ccc(OC)cc2)cc1OC. The zero-order valence-corrected chi connectivity index (χ0v) is 15.5. The number of nitrogens with one attached hydrogen (secondary N) is 1. The second kappa shape index (κ2) is 9.47. The first-order valence-corrected chi connectivity index (χ1v) is 8.44. The Morgan fingerprint density at radius 3 is 2.30 bits per heavy atom. The summed E-state index contributed by atoms with van der Waals surface area (Å²) < 4.78 is 15.8. The van der Waals surface area contributed by atoms with E-state index >= 15 is 0 Å². The van der Waals surface area contributed by atoms with Gasteiger partial charge in [0.2, 0.25) is 0 Å². The van der Waals surface area contributed by atoms with Crippen molar-refractivity contribution < 1.29 is 28.9 Å². The van der Waals surface area contributed by atoms with Gasteiger partial charge in [0.15, 0.2) is 11.5 Å². The van der Waals surface area contributed by atoms with Crippen LogP contribution in [0.2, 0.25) is 0 Å². The van der Waals surface area contributed by atoms with E-state index in [9.17, 15) is 14.7 Å². The molecule has 27 heavy (non-hydrogen) atoms. The van der Waals surface area contributed by atoms with E-state index in [1.807, 2.05) is 6.92 Å². The molecule has 1 atom stereocenters. The third-order valence-corrected chi connectivity index (χ3v) is 3.92. The molecule has 1 N–H and O–H groups in total. The lowest BCUT2D eigenvalue weighted by atomic mass is 10.0. The summed E-state index contributed by atoms with van der Waals surface area (Å²) in [5, 5.41) is 13.9. The highest BCUT2D eigenvalue weighted by molar-refractivity contribution is 5.94. The van der Waals surface area contributed by atoms with Crippen LogP contribution in [0.1, 0.15) is 35.3 Å². The highest BCUT2D eigenvalue weighted by Gasteiger charge is 2.18. The van der Waals surface area contributed by atoms with Crippen LogP contribution >= 0.6 is 0 Å².